The number of methoxy groups -OCH3 is 1. The monoisotopic (exact) mass is 352 g/mol. The van der Waals surface area contributed by atoms with Crippen molar-refractivity contribution < 1.29 is 38.1 Å². The van der Waals surface area contributed by atoms with Crippen LogP contribution in [-0.2, 0) is 19.1 Å². The molecular formula is C17H20O8. The van der Waals surface area contributed by atoms with Gasteiger partial charge in [0.2, 0.25) is 5.75 Å². The minimum atomic E-state index is -0.740. The third kappa shape index (κ3) is 5.59. The second-order valence-electron chi connectivity index (χ2n) is 4.78. The van der Waals surface area contributed by atoms with Crippen molar-refractivity contribution in [3.05, 3.63) is 17.7 Å². The number of carbonyl (C=O) groups excluding carboxylic acids is 4. The lowest BCUT2D eigenvalue weighted by molar-refractivity contribution is -0.137. The van der Waals surface area contributed by atoms with Gasteiger partial charge in [0.25, 0.3) is 0 Å². The highest BCUT2D eigenvalue weighted by atomic mass is 16.6. The van der Waals surface area contributed by atoms with Crippen LogP contribution in [0.2, 0.25) is 0 Å². The van der Waals surface area contributed by atoms with Crippen LogP contribution >= 0.6 is 0 Å². The van der Waals surface area contributed by atoms with E-state index in [1.54, 1.807) is 20.8 Å². The molecular weight excluding hydrogens is 332 g/mol. The standard InChI is InChI=1S/C17H20O8/c1-5-13(18)23-11-8-10(17(21)22-4)9-12(24-14(19)6-2)16(11)25-15(20)7-3/h8-9H,5-7H2,1-4H3. The number of esters is 4. The molecule has 0 aliphatic rings. The smallest absolute Gasteiger partial charge is 0.338 e. The van der Waals surface area contributed by atoms with Crippen molar-refractivity contribution in [2.45, 2.75) is 40.0 Å². The predicted molar refractivity (Wildman–Crippen MR) is 85.6 cm³/mol. The summed E-state index contributed by atoms with van der Waals surface area (Å²) in [5, 5.41) is 0. The maximum atomic E-state index is 11.8. The fraction of sp³-hybridized carbons (Fsp3) is 0.412. The first kappa shape index (κ1) is 20.1. The van der Waals surface area contributed by atoms with Crippen molar-refractivity contribution in [3.8, 4) is 17.2 Å². The van der Waals surface area contributed by atoms with Gasteiger partial charge in [0, 0.05) is 19.3 Å². The van der Waals surface area contributed by atoms with E-state index in [0.29, 0.717) is 0 Å². The van der Waals surface area contributed by atoms with Crippen LogP contribution in [0, 0.1) is 0 Å². The van der Waals surface area contributed by atoms with Crippen LogP contribution in [0.15, 0.2) is 12.1 Å². The summed E-state index contributed by atoms with van der Waals surface area (Å²) in [7, 11) is 1.17. The molecule has 0 aliphatic carbocycles. The Morgan fingerprint density at radius 3 is 1.52 bits per heavy atom. The summed E-state index contributed by atoms with van der Waals surface area (Å²) in [4.78, 5) is 46.8. The zero-order chi connectivity index (χ0) is 19.0. The molecule has 0 N–H and O–H groups in total. The van der Waals surface area contributed by atoms with Gasteiger partial charge in [-0.25, -0.2) is 4.79 Å². The molecule has 1 rings (SSSR count). The fourth-order valence-corrected chi connectivity index (χ4v) is 1.64. The zero-order valence-electron chi connectivity index (χ0n) is 14.5. The quantitative estimate of drug-likeness (QED) is 0.544. The number of carbonyl (C=O) groups is 4. The summed E-state index contributed by atoms with van der Waals surface area (Å²) in [5.41, 5.74) is -0.0309. The van der Waals surface area contributed by atoms with E-state index in [0.717, 1.165) is 0 Å². The molecule has 0 fully saturated rings. The Balaban J connectivity index is 3.51. The molecule has 0 spiro atoms. The highest BCUT2D eigenvalue weighted by Gasteiger charge is 2.23. The van der Waals surface area contributed by atoms with Gasteiger partial charge in [-0.1, -0.05) is 20.8 Å². The first-order valence-corrected chi connectivity index (χ1v) is 7.74. The second-order valence-corrected chi connectivity index (χ2v) is 4.78. The molecule has 0 radical (unpaired) electrons. The van der Waals surface area contributed by atoms with Crippen molar-refractivity contribution in [2.75, 3.05) is 7.11 Å². The van der Waals surface area contributed by atoms with Crippen molar-refractivity contribution >= 4 is 23.9 Å². The summed E-state index contributed by atoms with van der Waals surface area (Å²) in [6.45, 7) is 4.71. The van der Waals surface area contributed by atoms with E-state index in [-0.39, 0.29) is 42.1 Å². The molecule has 0 saturated carbocycles. The number of hydrogen-bond donors (Lipinski definition) is 0. The maximum absolute atomic E-state index is 11.8. The van der Waals surface area contributed by atoms with Gasteiger partial charge in [0.05, 0.1) is 12.7 Å². The first-order chi connectivity index (χ1) is 11.9. The first-order valence-electron chi connectivity index (χ1n) is 7.74. The lowest BCUT2D eigenvalue weighted by atomic mass is 10.1. The highest BCUT2D eigenvalue weighted by molar-refractivity contribution is 5.92. The summed E-state index contributed by atoms with van der Waals surface area (Å²) in [6, 6.07) is 2.36. The molecule has 0 aliphatic heterocycles. The van der Waals surface area contributed by atoms with Gasteiger partial charge in [-0.3, -0.25) is 14.4 Å². The van der Waals surface area contributed by atoms with Gasteiger partial charge in [-0.15, -0.1) is 0 Å². The van der Waals surface area contributed by atoms with E-state index in [9.17, 15) is 19.2 Å². The highest BCUT2D eigenvalue weighted by Crippen LogP contribution is 2.40. The molecule has 0 bridgehead atoms. The Labute approximate surface area is 145 Å². The van der Waals surface area contributed by atoms with E-state index < -0.39 is 23.9 Å². The predicted octanol–water partition coefficient (Wildman–Crippen LogP) is 2.42. The molecule has 8 nitrogen and oxygen atoms in total. The third-order valence-electron chi connectivity index (χ3n) is 2.97. The normalized spacial score (nSPS) is 9.92. The van der Waals surface area contributed by atoms with E-state index >= 15 is 0 Å². The number of benzene rings is 1. The Morgan fingerprint density at radius 2 is 1.16 bits per heavy atom. The van der Waals surface area contributed by atoms with Crippen LogP contribution in [0.3, 0.4) is 0 Å². The van der Waals surface area contributed by atoms with Gasteiger partial charge < -0.3 is 18.9 Å². The SMILES string of the molecule is CCC(=O)Oc1cc(C(=O)OC)cc(OC(=O)CC)c1OC(=O)CC. The average Bonchev–Trinajstić information content (AvgIpc) is 2.62. The minimum Gasteiger partial charge on any atom is -0.465 e. The topological polar surface area (TPSA) is 105 Å². The Kier molecular flexibility index (Phi) is 7.58. The van der Waals surface area contributed by atoms with Gasteiger partial charge in [0.15, 0.2) is 11.5 Å². The second kappa shape index (κ2) is 9.41. The van der Waals surface area contributed by atoms with Crippen molar-refractivity contribution in [1.82, 2.24) is 0 Å². The summed E-state index contributed by atoms with van der Waals surface area (Å²) in [5.74, 6) is -3.29. The summed E-state index contributed by atoms with van der Waals surface area (Å²) in [6.07, 6.45) is 0.141. The molecule has 0 heterocycles. The van der Waals surface area contributed by atoms with Crippen LogP contribution in [0.1, 0.15) is 50.4 Å². The molecule has 25 heavy (non-hydrogen) atoms. The molecule has 8 heteroatoms. The lowest BCUT2D eigenvalue weighted by Gasteiger charge is -2.15. The Hall–Kier alpha value is -2.90. The molecule has 0 atom stereocenters. The lowest BCUT2D eigenvalue weighted by Crippen LogP contribution is -2.15. The third-order valence-corrected chi connectivity index (χ3v) is 2.97. The van der Waals surface area contributed by atoms with E-state index in [4.69, 9.17) is 14.2 Å². The fourth-order valence-electron chi connectivity index (χ4n) is 1.64. The van der Waals surface area contributed by atoms with Crippen LogP contribution in [0.4, 0.5) is 0 Å². The van der Waals surface area contributed by atoms with Crippen LogP contribution in [0.25, 0.3) is 0 Å². The maximum Gasteiger partial charge on any atom is 0.338 e. The van der Waals surface area contributed by atoms with E-state index in [2.05, 4.69) is 4.74 Å². The van der Waals surface area contributed by atoms with Crippen molar-refractivity contribution in [1.29, 1.82) is 0 Å². The Morgan fingerprint density at radius 1 is 0.760 bits per heavy atom. The van der Waals surface area contributed by atoms with Crippen molar-refractivity contribution in [3.63, 3.8) is 0 Å². The average molecular weight is 352 g/mol. The minimum absolute atomic E-state index is 0.0309. The van der Waals surface area contributed by atoms with Gasteiger partial charge in [0.1, 0.15) is 0 Å². The van der Waals surface area contributed by atoms with E-state index in [1.807, 2.05) is 0 Å². The molecule has 1 aromatic carbocycles. The number of hydrogen-bond acceptors (Lipinski definition) is 8. The van der Waals surface area contributed by atoms with E-state index in [1.165, 1.54) is 19.2 Å². The molecule has 0 unspecified atom stereocenters. The number of ether oxygens (including phenoxy) is 4. The number of rotatable bonds is 7. The van der Waals surface area contributed by atoms with Gasteiger partial charge in [-0.05, 0) is 12.1 Å². The van der Waals surface area contributed by atoms with Gasteiger partial charge >= 0.3 is 23.9 Å². The summed E-state index contributed by atoms with van der Waals surface area (Å²) < 4.78 is 20.0. The molecule has 0 amide bonds. The van der Waals surface area contributed by atoms with Crippen molar-refractivity contribution in [2.24, 2.45) is 0 Å². The van der Waals surface area contributed by atoms with Crippen LogP contribution < -0.4 is 14.2 Å². The molecule has 0 aromatic heterocycles. The molecule has 136 valence electrons. The van der Waals surface area contributed by atoms with Gasteiger partial charge in [-0.2, -0.15) is 0 Å². The zero-order valence-corrected chi connectivity index (χ0v) is 14.5. The Bertz CT molecular complexity index is 638. The molecule has 1 aromatic rings. The largest absolute Gasteiger partial charge is 0.465 e. The molecule has 0 saturated heterocycles. The summed E-state index contributed by atoms with van der Waals surface area (Å²) >= 11 is 0. The van der Waals surface area contributed by atoms with Crippen LogP contribution in [-0.4, -0.2) is 31.0 Å². The van der Waals surface area contributed by atoms with Crippen LogP contribution in [0.5, 0.6) is 17.2 Å².